The van der Waals surface area contributed by atoms with Gasteiger partial charge in [0.15, 0.2) is 5.82 Å². The molecule has 0 saturated heterocycles. The molecule has 2 aromatic heterocycles. The number of hydrogen-bond acceptors (Lipinski definition) is 5. The minimum absolute atomic E-state index is 0.127. The Hall–Kier alpha value is -1.40. The number of aromatic nitrogens is 2. The van der Waals surface area contributed by atoms with E-state index in [1.54, 1.807) is 17.5 Å². The molecule has 2 rings (SSSR count). The summed E-state index contributed by atoms with van der Waals surface area (Å²) < 4.78 is 4.33. The summed E-state index contributed by atoms with van der Waals surface area (Å²) in [6.07, 6.45) is 0. The van der Waals surface area contributed by atoms with Crippen LogP contribution < -0.4 is 5.76 Å². The quantitative estimate of drug-likeness (QED) is 0.827. The summed E-state index contributed by atoms with van der Waals surface area (Å²) in [6, 6.07) is 3.52. The maximum atomic E-state index is 11.2. The molecule has 78 valence electrons. The Morgan fingerprint density at radius 2 is 2.47 bits per heavy atom. The molecule has 0 aliphatic rings. The van der Waals surface area contributed by atoms with E-state index >= 15 is 0 Å². The summed E-state index contributed by atoms with van der Waals surface area (Å²) in [6.45, 7) is 0. The number of rotatable bonds is 3. The van der Waals surface area contributed by atoms with Crippen molar-refractivity contribution in [1.82, 2.24) is 10.1 Å². The molecule has 1 unspecified atom stereocenters. The van der Waals surface area contributed by atoms with Crippen LogP contribution in [-0.4, -0.2) is 15.4 Å². The molecular weight excluding hydrogens is 240 g/mol. The van der Waals surface area contributed by atoms with Gasteiger partial charge in [-0.05, 0) is 23.0 Å². The van der Waals surface area contributed by atoms with Gasteiger partial charge in [-0.25, -0.2) is 4.79 Å². The third-order valence-corrected chi connectivity index (χ3v) is 2.94. The molecule has 0 radical (unpaired) electrons. The molecule has 0 amide bonds. The first-order valence-corrected chi connectivity index (χ1v) is 5.23. The number of thiophene rings is 1. The highest BCUT2D eigenvalue weighted by Crippen LogP contribution is 2.27. The molecule has 0 saturated carbocycles. The highest BCUT2D eigenvalue weighted by Gasteiger charge is 2.26. The predicted octanol–water partition coefficient (Wildman–Crippen LogP) is 1.32. The van der Waals surface area contributed by atoms with Crippen LogP contribution in [0.5, 0.6) is 0 Å². The van der Waals surface area contributed by atoms with Crippen molar-refractivity contribution in [3.05, 3.63) is 38.8 Å². The lowest BCUT2D eigenvalue weighted by Crippen LogP contribution is -2.10. The molecule has 7 heteroatoms. The molecule has 0 bridgehead atoms. The Bertz CT molecular complexity index is 516. The van der Waals surface area contributed by atoms with E-state index < -0.39 is 16.9 Å². The maximum absolute atomic E-state index is 11.2. The second-order valence-corrected chi connectivity index (χ2v) is 4.08. The van der Waals surface area contributed by atoms with Crippen molar-refractivity contribution in [2.24, 2.45) is 0 Å². The maximum Gasteiger partial charge on any atom is 0.438 e. The van der Waals surface area contributed by atoms with Gasteiger partial charge >= 0.3 is 5.76 Å². The summed E-state index contributed by atoms with van der Waals surface area (Å²) >= 11 is 6.80. The van der Waals surface area contributed by atoms with Gasteiger partial charge in [0, 0.05) is 4.88 Å². The van der Waals surface area contributed by atoms with Crippen LogP contribution in [0.2, 0.25) is 0 Å². The minimum Gasteiger partial charge on any atom is -0.296 e. The van der Waals surface area contributed by atoms with Crippen molar-refractivity contribution in [3.8, 4) is 0 Å². The zero-order valence-electron chi connectivity index (χ0n) is 7.27. The molecular formula is C8H5ClN2O3S. The van der Waals surface area contributed by atoms with Gasteiger partial charge in [-0.1, -0.05) is 11.2 Å². The first-order valence-electron chi connectivity index (χ1n) is 3.97. The molecule has 0 fully saturated rings. The standard InChI is InChI=1S/C8H5ClN2O3S/c9-6(12)5(4-2-1-3-15-4)7-10-8(13)14-11-7/h1-3,5H,(H,10,11,13). The molecule has 2 heterocycles. The lowest BCUT2D eigenvalue weighted by Gasteiger charge is -2.04. The van der Waals surface area contributed by atoms with Gasteiger partial charge in [0.1, 0.15) is 5.92 Å². The van der Waals surface area contributed by atoms with Crippen molar-refractivity contribution >= 4 is 28.2 Å². The number of carbonyl (C=O) groups is 1. The SMILES string of the molecule is O=C(Cl)C(c1noc(=O)[nH]1)c1cccs1. The zero-order chi connectivity index (χ0) is 10.8. The van der Waals surface area contributed by atoms with Gasteiger partial charge in [0.2, 0.25) is 5.24 Å². The third-order valence-electron chi connectivity index (χ3n) is 1.79. The van der Waals surface area contributed by atoms with Crippen LogP contribution in [0.25, 0.3) is 0 Å². The average Bonchev–Trinajstić information content (AvgIpc) is 2.77. The molecule has 0 aromatic carbocycles. The molecule has 0 spiro atoms. The van der Waals surface area contributed by atoms with Crippen LogP contribution in [-0.2, 0) is 4.79 Å². The van der Waals surface area contributed by atoms with Crippen LogP contribution in [0.4, 0.5) is 0 Å². The van der Waals surface area contributed by atoms with E-state index in [0.29, 0.717) is 4.88 Å². The number of carbonyl (C=O) groups excluding carboxylic acids is 1. The fourth-order valence-electron chi connectivity index (χ4n) is 1.18. The number of nitrogens with one attached hydrogen (secondary N) is 1. The molecule has 2 aromatic rings. The second-order valence-electron chi connectivity index (χ2n) is 2.73. The van der Waals surface area contributed by atoms with E-state index in [1.807, 2.05) is 0 Å². The van der Waals surface area contributed by atoms with E-state index in [2.05, 4.69) is 14.7 Å². The van der Waals surface area contributed by atoms with E-state index in [1.165, 1.54) is 11.3 Å². The summed E-state index contributed by atoms with van der Waals surface area (Å²) in [7, 11) is 0. The van der Waals surface area contributed by atoms with Crippen molar-refractivity contribution < 1.29 is 9.32 Å². The van der Waals surface area contributed by atoms with Gasteiger partial charge in [0.25, 0.3) is 0 Å². The Morgan fingerprint density at radius 3 is 2.93 bits per heavy atom. The predicted molar refractivity (Wildman–Crippen MR) is 54.1 cm³/mol. The fourth-order valence-corrected chi connectivity index (χ4v) is 2.29. The molecule has 0 aliphatic heterocycles. The lowest BCUT2D eigenvalue weighted by molar-refractivity contribution is -0.112. The normalized spacial score (nSPS) is 12.6. The Kier molecular flexibility index (Phi) is 2.70. The van der Waals surface area contributed by atoms with E-state index in [4.69, 9.17) is 11.6 Å². The molecule has 5 nitrogen and oxygen atoms in total. The van der Waals surface area contributed by atoms with Crippen LogP contribution in [0.1, 0.15) is 16.6 Å². The van der Waals surface area contributed by atoms with E-state index in [0.717, 1.165) is 0 Å². The smallest absolute Gasteiger partial charge is 0.296 e. The molecule has 0 aliphatic carbocycles. The Balaban J connectivity index is 2.45. The summed E-state index contributed by atoms with van der Waals surface area (Å²) in [5.74, 6) is -1.34. The number of H-pyrrole nitrogens is 1. The van der Waals surface area contributed by atoms with Gasteiger partial charge in [-0.2, -0.15) is 0 Å². The third kappa shape index (κ3) is 2.00. The van der Waals surface area contributed by atoms with Crippen molar-refractivity contribution in [1.29, 1.82) is 0 Å². The van der Waals surface area contributed by atoms with Crippen LogP contribution in [0, 0.1) is 0 Å². The number of aromatic amines is 1. The highest BCUT2D eigenvalue weighted by atomic mass is 35.5. The van der Waals surface area contributed by atoms with Crippen molar-refractivity contribution in [2.45, 2.75) is 5.92 Å². The first-order chi connectivity index (χ1) is 7.18. The average molecular weight is 245 g/mol. The topological polar surface area (TPSA) is 76.0 Å². The van der Waals surface area contributed by atoms with Crippen LogP contribution in [0.3, 0.4) is 0 Å². The number of hydrogen-bond donors (Lipinski definition) is 1. The number of halogens is 1. The monoisotopic (exact) mass is 244 g/mol. The van der Waals surface area contributed by atoms with E-state index in [-0.39, 0.29) is 5.82 Å². The highest BCUT2D eigenvalue weighted by molar-refractivity contribution is 7.10. The Morgan fingerprint density at radius 1 is 1.67 bits per heavy atom. The van der Waals surface area contributed by atoms with Gasteiger partial charge in [-0.15, -0.1) is 11.3 Å². The van der Waals surface area contributed by atoms with Gasteiger partial charge < -0.3 is 0 Å². The minimum atomic E-state index is -0.766. The second kappa shape index (κ2) is 4.00. The van der Waals surface area contributed by atoms with Crippen LogP contribution >= 0.6 is 22.9 Å². The molecule has 15 heavy (non-hydrogen) atoms. The van der Waals surface area contributed by atoms with Crippen molar-refractivity contribution in [3.63, 3.8) is 0 Å². The summed E-state index contributed by atoms with van der Waals surface area (Å²) in [5, 5.41) is 4.65. The largest absolute Gasteiger partial charge is 0.438 e. The first kappa shape index (κ1) is 10.1. The fraction of sp³-hybridized carbons (Fsp3) is 0.125. The van der Waals surface area contributed by atoms with Gasteiger partial charge in [0.05, 0.1) is 0 Å². The van der Waals surface area contributed by atoms with Crippen molar-refractivity contribution in [2.75, 3.05) is 0 Å². The summed E-state index contributed by atoms with van der Waals surface area (Å²) in [4.78, 5) is 25.0. The zero-order valence-corrected chi connectivity index (χ0v) is 8.84. The summed E-state index contributed by atoms with van der Waals surface area (Å²) in [5.41, 5.74) is 0. The Labute approximate surface area is 92.7 Å². The molecule has 1 atom stereocenters. The number of nitrogens with zero attached hydrogens (tertiary/aromatic N) is 1. The van der Waals surface area contributed by atoms with E-state index in [9.17, 15) is 9.59 Å². The molecule has 1 N–H and O–H groups in total. The van der Waals surface area contributed by atoms with Crippen LogP contribution in [0.15, 0.2) is 26.8 Å². The lowest BCUT2D eigenvalue weighted by atomic mass is 10.1. The van der Waals surface area contributed by atoms with Gasteiger partial charge in [-0.3, -0.25) is 14.3 Å².